The van der Waals surface area contributed by atoms with Gasteiger partial charge in [0.05, 0.1) is 5.41 Å². The summed E-state index contributed by atoms with van der Waals surface area (Å²) in [5.41, 5.74) is 2.08. The van der Waals surface area contributed by atoms with Crippen molar-refractivity contribution in [2.45, 2.75) is 52.1 Å². The highest BCUT2D eigenvalue weighted by atomic mass is 16.6. The Morgan fingerprint density at radius 2 is 2.00 bits per heavy atom. The molecule has 2 nitrogen and oxygen atoms in total. The molecule has 0 aliphatic heterocycles. The molecule has 0 saturated heterocycles. The topological polar surface area (TPSA) is 26.3 Å². The van der Waals surface area contributed by atoms with Gasteiger partial charge in [0.1, 0.15) is 5.60 Å². The number of esters is 1. The van der Waals surface area contributed by atoms with Gasteiger partial charge in [-0.3, -0.25) is 4.79 Å². The van der Waals surface area contributed by atoms with Crippen molar-refractivity contribution in [3.63, 3.8) is 0 Å². The van der Waals surface area contributed by atoms with Crippen LogP contribution < -0.4 is 0 Å². The van der Waals surface area contributed by atoms with Gasteiger partial charge in [-0.15, -0.1) is 0 Å². The number of benzene rings is 1. The molecular weight excluding hydrogens is 236 g/mol. The smallest absolute Gasteiger partial charge is 0.313 e. The molecule has 102 valence electrons. The van der Waals surface area contributed by atoms with Crippen LogP contribution in [-0.4, -0.2) is 11.6 Å². The molecule has 1 aromatic carbocycles. The second-order valence-corrected chi connectivity index (χ2v) is 7.11. The van der Waals surface area contributed by atoms with E-state index < -0.39 is 5.60 Å². The van der Waals surface area contributed by atoms with Gasteiger partial charge < -0.3 is 4.74 Å². The lowest BCUT2D eigenvalue weighted by molar-refractivity contribution is -0.161. The molecule has 0 aromatic heterocycles. The molecule has 0 heterocycles. The zero-order chi connectivity index (χ0) is 13.8. The first kappa shape index (κ1) is 12.7. The van der Waals surface area contributed by atoms with E-state index in [-0.39, 0.29) is 11.4 Å². The van der Waals surface area contributed by atoms with E-state index in [0.717, 1.165) is 12.8 Å². The summed E-state index contributed by atoms with van der Waals surface area (Å²) in [6.45, 7) is 7.90. The van der Waals surface area contributed by atoms with Crippen LogP contribution in [0.1, 0.15) is 51.2 Å². The fraction of sp³-hybridized carbons (Fsp3) is 0.588. The SMILES string of the molecule is CC(C)(C)OC(=O)C1(C)C2CCc3ccccc3C21. The lowest BCUT2D eigenvalue weighted by atomic mass is 9.92. The third-order valence-corrected chi connectivity index (χ3v) is 4.66. The number of hydrogen-bond donors (Lipinski definition) is 0. The average Bonchev–Trinajstić information content (AvgIpc) is 2.96. The van der Waals surface area contributed by atoms with Crippen molar-refractivity contribution in [2.24, 2.45) is 11.3 Å². The van der Waals surface area contributed by atoms with Crippen molar-refractivity contribution < 1.29 is 9.53 Å². The third kappa shape index (κ3) is 1.89. The number of rotatable bonds is 1. The van der Waals surface area contributed by atoms with E-state index in [2.05, 4.69) is 31.2 Å². The summed E-state index contributed by atoms with van der Waals surface area (Å²) in [4.78, 5) is 12.5. The van der Waals surface area contributed by atoms with Crippen molar-refractivity contribution in [1.29, 1.82) is 0 Å². The minimum absolute atomic E-state index is 0.0216. The largest absolute Gasteiger partial charge is 0.460 e. The molecule has 3 unspecified atom stereocenters. The highest BCUT2D eigenvalue weighted by molar-refractivity contribution is 5.83. The maximum absolute atomic E-state index is 12.5. The number of aryl methyl sites for hydroxylation is 1. The Morgan fingerprint density at radius 3 is 2.68 bits per heavy atom. The van der Waals surface area contributed by atoms with Crippen LogP contribution in [0.3, 0.4) is 0 Å². The highest BCUT2D eigenvalue weighted by Gasteiger charge is 2.68. The zero-order valence-corrected chi connectivity index (χ0v) is 12.2. The molecule has 0 bridgehead atoms. The first-order valence-corrected chi connectivity index (χ1v) is 7.15. The predicted molar refractivity (Wildman–Crippen MR) is 74.9 cm³/mol. The number of fused-ring (bicyclic) bond motifs is 3. The fourth-order valence-corrected chi connectivity index (χ4v) is 3.65. The monoisotopic (exact) mass is 258 g/mol. The van der Waals surface area contributed by atoms with Crippen molar-refractivity contribution >= 4 is 5.97 Å². The summed E-state index contributed by atoms with van der Waals surface area (Å²) in [6, 6.07) is 8.54. The van der Waals surface area contributed by atoms with E-state index in [1.807, 2.05) is 20.8 Å². The zero-order valence-electron chi connectivity index (χ0n) is 12.2. The summed E-state index contributed by atoms with van der Waals surface area (Å²) >= 11 is 0. The first-order chi connectivity index (χ1) is 8.84. The van der Waals surface area contributed by atoms with Gasteiger partial charge in [-0.25, -0.2) is 0 Å². The Morgan fingerprint density at radius 1 is 1.32 bits per heavy atom. The minimum atomic E-state index is -0.397. The molecule has 0 radical (unpaired) electrons. The molecule has 3 atom stereocenters. The van der Waals surface area contributed by atoms with Crippen LogP contribution in [0.4, 0.5) is 0 Å². The standard InChI is InChI=1S/C17H22O2/c1-16(2,3)19-15(18)17(4)13-10-9-11-7-5-6-8-12(11)14(13)17/h5-8,13-14H,9-10H2,1-4H3. The van der Waals surface area contributed by atoms with Crippen molar-refractivity contribution in [2.75, 3.05) is 0 Å². The molecule has 0 N–H and O–H groups in total. The summed E-state index contributed by atoms with van der Waals surface area (Å²) in [5.74, 6) is 0.816. The van der Waals surface area contributed by atoms with Crippen LogP contribution >= 0.6 is 0 Å². The van der Waals surface area contributed by atoms with Gasteiger partial charge >= 0.3 is 5.97 Å². The summed E-state index contributed by atoms with van der Waals surface area (Å²) in [5, 5.41) is 0. The van der Waals surface area contributed by atoms with Crippen LogP contribution in [0.2, 0.25) is 0 Å². The summed E-state index contributed by atoms with van der Waals surface area (Å²) < 4.78 is 5.63. The lowest BCUT2D eigenvalue weighted by Crippen LogP contribution is -2.29. The highest BCUT2D eigenvalue weighted by Crippen LogP contribution is 2.69. The van der Waals surface area contributed by atoms with Crippen LogP contribution in [0.25, 0.3) is 0 Å². The predicted octanol–water partition coefficient (Wildman–Crippen LogP) is 3.69. The Kier molecular flexibility index (Phi) is 2.57. The van der Waals surface area contributed by atoms with E-state index in [1.165, 1.54) is 11.1 Å². The maximum atomic E-state index is 12.5. The summed E-state index contributed by atoms with van der Waals surface area (Å²) in [7, 11) is 0. The van der Waals surface area contributed by atoms with E-state index in [4.69, 9.17) is 4.74 Å². The fourth-order valence-electron chi connectivity index (χ4n) is 3.65. The molecule has 19 heavy (non-hydrogen) atoms. The number of carbonyl (C=O) groups is 1. The molecule has 1 aromatic rings. The van der Waals surface area contributed by atoms with Gasteiger partial charge in [0.25, 0.3) is 0 Å². The van der Waals surface area contributed by atoms with Crippen molar-refractivity contribution in [1.82, 2.24) is 0 Å². The van der Waals surface area contributed by atoms with Crippen LogP contribution in [0.15, 0.2) is 24.3 Å². The van der Waals surface area contributed by atoms with Crippen molar-refractivity contribution in [3.05, 3.63) is 35.4 Å². The number of ether oxygens (including phenoxy) is 1. The van der Waals surface area contributed by atoms with Gasteiger partial charge in [-0.2, -0.15) is 0 Å². The lowest BCUT2D eigenvalue weighted by Gasteiger charge is -2.23. The normalized spacial score (nSPS) is 32.2. The Labute approximate surface area is 115 Å². The Hall–Kier alpha value is -1.31. The molecule has 0 spiro atoms. The van der Waals surface area contributed by atoms with Gasteiger partial charge in [0.2, 0.25) is 0 Å². The second kappa shape index (κ2) is 3.84. The molecule has 2 aliphatic carbocycles. The van der Waals surface area contributed by atoms with E-state index >= 15 is 0 Å². The van der Waals surface area contributed by atoms with E-state index in [9.17, 15) is 4.79 Å². The van der Waals surface area contributed by atoms with Crippen LogP contribution in [0.5, 0.6) is 0 Å². The van der Waals surface area contributed by atoms with Crippen molar-refractivity contribution in [3.8, 4) is 0 Å². The molecular formula is C17H22O2. The molecule has 1 saturated carbocycles. The molecule has 1 fully saturated rings. The summed E-state index contributed by atoms with van der Waals surface area (Å²) in [6.07, 6.45) is 2.20. The van der Waals surface area contributed by atoms with Crippen LogP contribution in [0, 0.1) is 11.3 Å². The quantitative estimate of drug-likeness (QED) is 0.718. The Balaban J connectivity index is 1.88. The second-order valence-electron chi connectivity index (χ2n) is 7.11. The third-order valence-electron chi connectivity index (χ3n) is 4.66. The molecule has 2 heteroatoms. The van der Waals surface area contributed by atoms with Gasteiger partial charge in [0, 0.05) is 5.92 Å². The molecule has 0 amide bonds. The molecule has 2 aliphatic rings. The Bertz CT molecular complexity index is 526. The van der Waals surface area contributed by atoms with Gasteiger partial charge in [0.15, 0.2) is 0 Å². The average molecular weight is 258 g/mol. The van der Waals surface area contributed by atoms with E-state index in [0.29, 0.717) is 11.8 Å². The maximum Gasteiger partial charge on any atom is 0.313 e. The van der Waals surface area contributed by atoms with E-state index in [1.54, 1.807) is 0 Å². The molecule has 3 rings (SSSR count). The number of hydrogen-bond acceptors (Lipinski definition) is 2. The van der Waals surface area contributed by atoms with Gasteiger partial charge in [-0.05, 0) is 57.6 Å². The van der Waals surface area contributed by atoms with Crippen LogP contribution in [-0.2, 0) is 16.0 Å². The van der Waals surface area contributed by atoms with Gasteiger partial charge in [-0.1, -0.05) is 24.3 Å². The first-order valence-electron chi connectivity index (χ1n) is 7.15. The minimum Gasteiger partial charge on any atom is -0.460 e. The number of carbonyl (C=O) groups excluding carboxylic acids is 1.